The van der Waals surface area contributed by atoms with E-state index in [0.29, 0.717) is 5.76 Å². The molecular weight excluding hydrogens is 238 g/mol. The topological polar surface area (TPSA) is 78.1 Å². The highest BCUT2D eigenvalue weighted by atomic mass is 16.6. The lowest BCUT2D eigenvalue weighted by Gasteiger charge is -2.09. The number of hydrogen-bond acceptors (Lipinski definition) is 6. The van der Waals surface area contributed by atoms with Gasteiger partial charge in [0.05, 0.1) is 25.7 Å². The van der Waals surface area contributed by atoms with Crippen molar-refractivity contribution < 1.29 is 23.5 Å². The molecular formula is C12H15NO5. The number of aliphatic imine (C=N–C) groups is 1. The maximum absolute atomic E-state index is 11.6. The van der Waals surface area contributed by atoms with E-state index >= 15 is 0 Å². The molecule has 0 fully saturated rings. The summed E-state index contributed by atoms with van der Waals surface area (Å²) < 4.78 is 14.5. The van der Waals surface area contributed by atoms with Gasteiger partial charge in [0.25, 0.3) is 0 Å². The first-order valence-corrected chi connectivity index (χ1v) is 5.59. The maximum atomic E-state index is 11.6. The zero-order valence-corrected chi connectivity index (χ0v) is 10.3. The van der Waals surface area contributed by atoms with Crippen molar-refractivity contribution in [1.29, 1.82) is 0 Å². The van der Waals surface area contributed by atoms with Crippen molar-refractivity contribution in [3.05, 3.63) is 24.2 Å². The van der Waals surface area contributed by atoms with Crippen LogP contribution in [0.3, 0.4) is 0 Å². The zero-order chi connectivity index (χ0) is 13.4. The SMILES string of the molecule is CCOC(=O)C(N=Cc1ccco1)C(=O)OCC. The Hall–Kier alpha value is -2.11. The van der Waals surface area contributed by atoms with Crippen molar-refractivity contribution in [1.82, 2.24) is 0 Å². The fourth-order valence-corrected chi connectivity index (χ4v) is 1.17. The molecule has 1 aromatic rings. The Labute approximate surface area is 105 Å². The van der Waals surface area contributed by atoms with Crippen LogP contribution in [0.4, 0.5) is 0 Å². The lowest BCUT2D eigenvalue weighted by molar-refractivity contribution is -0.156. The van der Waals surface area contributed by atoms with Gasteiger partial charge in [0.15, 0.2) is 0 Å². The zero-order valence-electron chi connectivity index (χ0n) is 10.3. The van der Waals surface area contributed by atoms with E-state index in [-0.39, 0.29) is 13.2 Å². The number of esters is 2. The van der Waals surface area contributed by atoms with E-state index in [2.05, 4.69) is 4.99 Å². The minimum absolute atomic E-state index is 0.172. The van der Waals surface area contributed by atoms with E-state index in [1.165, 1.54) is 12.5 Å². The summed E-state index contributed by atoms with van der Waals surface area (Å²) in [6.45, 7) is 3.64. The van der Waals surface area contributed by atoms with Crippen LogP contribution in [0.2, 0.25) is 0 Å². The first kappa shape index (κ1) is 14.0. The Morgan fingerprint density at radius 1 is 1.33 bits per heavy atom. The minimum atomic E-state index is -1.31. The van der Waals surface area contributed by atoms with Crippen molar-refractivity contribution in [2.75, 3.05) is 13.2 Å². The highest BCUT2D eigenvalue weighted by molar-refractivity contribution is 6.01. The van der Waals surface area contributed by atoms with E-state index in [9.17, 15) is 9.59 Å². The van der Waals surface area contributed by atoms with Gasteiger partial charge in [0, 0.05) is 0 Å². The van der Waals surface area contributed by atoms with Gasteiger partial charge in [-0.3, -0.25) is 4.99 Å². The molecule has 0 saturated carbocycles. The molecule has 1 aromatic heterocycles. The van der Waals surface area contributed by atoms with Gasteiger partial charge in [-0.05, 0) is 26.0 Å². The Morgan fingerprint density at radius 2 is 1.94 bits per heavy atom. The number of ether oxygens (including phenoxy) is 2. The molecule has 0 N–H and O–H groups in total. The van der Waals surface area contributed by atoms with Crippen molar-refractivity contribution in [3.8, 4) is 0 Å². The first-order chi connectivity index (χ1) is 8.69. The van der Waals surface area contributed by atoms with Gasteiger partial charge in [-0.2, -0.15) is 0 Å². The fourth-order valence-electron chi connectivity index (χ4n) is 1.17. The third-order valence-corrected chi connectivity index (χ3v) is 1.91. The number of hydrogen-bond donors (Lipinski definition) is 0. The van der Waals surface area contributed by atoms with Gasteiger partial charge < -0.3 is 13.9 Å². The summed E-state index contributed by atoms with van der Waals surface area (Å²) in [6, 6.07) is 2.01. The molecule has 1 rings (SSSR count). The van der Waals surface area contributed by atoms with Crippen molar-refractivity contribution in [2.24, 2.45) is 4.99 Å². The molecule has 0 aliphatic rings. The van der Waals surface area contributed by atoms with Gasteiger partial charge in [-0.1, -0.05) is 0 Å². The third kappa shape index (κ3) is 4.04. The van der Waals surface area contributed by atoms with Crippen LogP contribution >= 0.6 is 0 Å². The Kier molecular flexibility index (Phi) is 5.63. The quantitative estimate of drug-likeness (QED) is 0.432. The summed E-state index contributed by atoms with van der Waals surface area (Å²) in [5.41, 5.74) is 0. The second-order valence-corrected chi connectivity index (χ2v) is 3.20. The molecule has 6 heteroatoms. The maximum Gasteiger partial charge on any atom is 0.342 e. The van der Waals surface area contributed by atoms with E-state index in [1.807, 2.05) is 0 Å². The molecule has 0 atom stereocenters. The van der Waals surface area contributed by atoms with Crippen LogP contribution < -0.4 is 0 Å². The van der Waals surface area contributed by atoms with E-state index in [4.69, 9.17) is 13.9 Å². The van der Waals surface area contributed by atoms with E-state index < -0.39 is 18.0 Å². The number of nitrogens with zero attached hydrogens (tertiary/aromatic N) is 1. The van der Waals surface area contributed by atoms with Crippen LogP contribution in [0, 0.1) is 0 Å². The Bertz CT molecular complexity index is 392. The molecule has 98 valence electrons. The van der Waals surface area contributed by atoms with Crippen LogP contribution in [0.15, 0.2) is 27.8 Å². The normalized spacial score (nSPS) is 10.8. The van der Waals surface area contributed by atoms with Crippen molar-refractivity contribution in [2.45, 2.75) is 19.9 Å². The lowest BCUT2D eigenvalue weighted by atomic mass is 10.3. The molecule has 0 aromatic carbocycles. The fraction of sp³-hybridized carbons (Fsp3) is 0.417. The van der Waals surface area contributed by atoms with Crippen LogP contribution in [-0.2, 0) is 19.1 Å². The molecule has 0 spiro atoms. The number of rotatable bonds is 6. The minimum Gasteiger partial charge on any atom is -0.464 e. The summed E-state index contributed by atoms with van der Waals surface area (Å²) in [4.78, 5) is 26.9. The summed E-state index contributed by atoms with van der Waals surface area (Å²) in [6.07, 6.45) is 2.75. The molecule has 0 amide bonds. The number of carbonyl (C=O) groups excluding carboxylic acids is 2. The van der Waals surface area contributed by atoms with Crippen molar-refractivity contribution in [3.63, 3.8) is 0 Å². The van der Waals surface area contributed by atoms with Gasteiger partial charge in [0.1, 0.15) is 5.76 Å². The van der Waals surface area contributed by atoms with Crippen molar-refractivity contribution >= 4 is 18.2 Å². The highest BCUT2D eigenvalue weighted by Gasteiger charge is 2.28. The van der Waals surface area contributed by atoms with Gasteiger partial charge in [-0.25, -0.2) is 9.59 Å². The Balaban J connectivity index is 2.77. The van der Waals surface area contributed by atoms with Crippen LogP contribution in [0.1, 0.15) is 19.6 Å². The average Bonchev–Trinajstić information content (AvgIpc) is 2.83. The van der Waals surface area contributed by atoms with Gasteiger partial charge in [0.2, 0.25) is 6.04 Å². The van der Waals surface area contributed by atoms with E-state index in [1.54, 1.807) is 26.0 Å². The molecule has 0 unspecified atom stereocenters. The average molecular weight is 253 g/mol. The molecule has 0 radical (unpaired) electrons. The number of furan rings is 1. The summed E-state index contributed by atoms with van der Waals surface area (Å²) >= 11 is 0. The Morgan fingerprint density at radius 3 is 2.39 bits per heavy atom. The molecule has 0 aliphatic heterocycles. The molecule has 0 saturated heterocycles. The van der Waals surface area contributed by atoms with Crippen LogP contribution in [0.5, 0.6) is 0 Å². The molecule has 18 heavy (non-hydrogen) atoms. The molecule has 0 aliphatic carbocycles. The smallest absolute Gasteiger partial charge is 0.342 e. The second-order valence-electron chi connectivity index (χ2n) is 3.20. The lowest BCUT2D eigenvalue weighted by Crippen LogP contribution is -2.32. The number of carbonyl (C=O) groups is 2. The molecule has 1 heterocycles. The van der Waals surface area contributed by atoms with Gasteiger partial charge in [-0.15, -0.1) is 0 Å². The summed E-state index contributed by atoms with van der Waals surface area (Å²) in [5.74, 6) is -1.04. The van der Waals surface area contributed by atoms with Crippen LogP contribution in [-0.4, -0.2) is 37.4 Å². The van der Waals surface area contributed by atoms with Crippen LogP contribution in [0.25, 0.3) is 0 Å². The largest absolute Gasteiger partial charge is 0.464 e. The molecule has 0 bridgehead atoms. The summed E-state index contributed by atoms with van der Waals surface area (Å²) in [5, 5.41) is 0. The second kappa shape index (κ2) is 7.26. The highest BCUT2D eigenvalue weighted by Crippen LogP contribution is 2.02. The van der Waals surface area contributed by atoms with E-state index in [0.717, 1.165) is 0 Å². The predicted molar refractivity (Wildman–Crippen MR) is 63.4 cm³/mol. The standard InChI is InChI=1S/C12H15NO5/c1-3-16-11(14)10(12(15)17-4-2)13-8-9-6-5-7-18-9/h5-8,10H,3-4H2,1-2H3. The predicted octanol–water partition coefficient (Wildman–Crippen LogP) is 1.19. The molecule has 6 nitrogen and oxygen atoms in total. The third-order valence-electron chi connectivity index (χ3n) is 1.91. The summed E-state index contributed by atoms with van der Waals surface area (Å²) in [7, 11) is 0. The monoisotopic (exact) mass is 253 g/mol. The van der Waals surface area contributed by atoms with Gasteiger partial charge >= 0.3 is 11.9 Å². The first-order valence-electron chi connectivity index (χ1n) is 5.59.